The third-order valence-electron chi connectivity index (χ3n) is 5.67. The molecule has 1 aliphatic carbocycles. The van der Waals surface area contributed by atoms with Gasteiger partial charge in [-0.05, 0) is 49.4 Å². The lowest BCUT2D eigenvalue weighted by atomic mass is 9.97. The van der Waals surface area contributed by atoms with Crippen LogP contribution < -0.4 is 0 Å². The number of nitrogens with zero attached hydrogens (tertiary/aromatic N) is 2. The zero-order valence-corrected chi connectivity index (χ0v) is 15.5. The van der Waals surface area contributed by atoms with Crippen LogP contribution in [0.2, 0.25) is 5.02 Å². The van der Waals surface area contributed by atoms with E-state index in [4.69, 9.17) is 16.3 Å². The van der Waals surface area contributed by atoms with Crippen molar-refractivity contribution in [3.8, 4) is 0 Å². The van der Waals surface area contributed by atoms with Gasteiger partial charge in [0.25, 0.3) is 0 Å². The normalized spacial score (nSPS) is 21.0. The lowest BCUT2D eigenvalue weighted by molar-refractivity contribution is -0.0565. The van der Waals surface area contributed by atoms with Crippen LogP contribution in [0.4, 0.5) is 0 Å². The van der Waals surface area contributed by atoms with Crippen LogP contribution in [-0.4, -0.2) is 35.2 Å². The number of aromatic nitrogens is 1. The van der Waals surface area contributed by atoms with Crippen molar-refractivity contribution in [2.75, 3.05) is 13.1 Å². The van der Waals surface area contributed by atoms with Crippen LogP contribution in [0.25, 0.3) is 10.9 Å². The van der Waals surface area contributed by atoms with Crippen LogP contribution in [0.15, 0.2) is 30.5 Å². The molecule has 0 bridgehead atoms. The molecule has 4 heteroatoms. The van der Waals surface area contributed by atoms with Crippen molar-refractivity contribution in [1.29, 1.82) is 0 Å². The summed E-state index contributed by atoms with van der Waals surface area (Å²) >= 11 is 6.31. The minimum atomic E-state index is 0.458. The second-order valence-electron chi connectivity index (χ2n) is 7.48. The first-order chi connectivity index (χ1) is 12.3. The van der Waals surface area contributed by atoms with E-state index in [0.29, 0.717) is 12.2 Å². The number of likely N-dealkylation sites (tertiary alicyclic amines) is 1. The Labute approximate surface area is 155 Å². The first kappa shape index (κ1) is 17.3. The fraction of sp³-hybridized carbons (Fsp3) is 0.571. The van der Waals surface area contributed by atoms with E-state index >= 15 is 0 Å². The van der Waals surface area contributed by atoms with E-state index in [1.807, 2.05) is 18.3 Å². The van der Waals surface area contributed by atoms with Crippen molar-refractivity contribution in [3.63, 3.8) is 0 Å². The van der Waals surface area contributed by atoms with E-state index < -0.39 is 0 Å². The van der Waals surface area contributed by atoms with Crippen molar-refractivity contribution in [1.82, 2.24) is 9.88 Å². The Morgan fingerprint density at radius 3 is 2.56 bits per heavy atom. The van der Waals surface area contributed by atoms with E-state index in [-0.39, 0.29) is 0 Å². The largest absolute Gasteiger partial charge is 0.375 e. The first-order valence-electron chi connectivity index (χ1n) is 9.69. The highest BCUT2D eigenvalue weighted by atomic mass is 35.5. The molecule has 134 valence electrons. The van der Waals surface area contributed by atoms with Gasteiger partial charge in [0.15, 0.2) is 0 Å². The second-order valence-corrected chi connectivity index (χ2v) is 7.88. The fourth-order valence-electron chi connectivity index (χ4n) is 4.24. The lowest BCUT2D eigenvalue weighted by Crippen LogP contribution is -2.38. The predicted octanol–water partition coefficient (Wildman–Crippen LogP) is 5.20. The highest BCUT2D eigenvalue weighted by Gasteiger charge is 2.24. The quantitative estimate of drug-likeness (QED) is 0.750. The van der Waals surface area contributed by atoms with Gasteiger partial charge in [-0.2, -0.15) is 0 Å². The third kappa shape index (κ3) is 4.16. The van der Waals surface area contributed by atoms with Crippen LogP contribution in [0.1, 0.15) is 50.5 Å². The summed E-state index contributed by atoms with van der Waals surface area (Å²) in [5, 5.41) is 1.84. The number of fused-ring (bicyclic) bond motifs is 1. The molecule has 2 aromatic rings. The topological polar surface area (TPSA) is 25.4 Å². The molecule has 0 spiro atoms. The molecule has 1 saturated heterocycles. The van der Waals surface area contributed by atoms with E-state index in [2.05, 4.69) is 22.0 Å². The van der Waals surface area contributed by atoms with E-state index in [9.17, 15) is 0 Å². The zero-order chi connectivity index (χ0) is 17.1. The van der Waals surface area contributed by atoms with Crippen LogP contribution in [0.3, 0.4) is 0 Å². The fourth-order valence-corrected chi connectivity index (χ4v) is 4.46. The molecule has 1 aliphatic heterocycles. The van der Waals surface area contributed by atoms with Gasteiger partial charge < -0.3 is 4.74 Å². The molecule has 2 fully saturated rings. The number of hydrogen-bond acceptors (Lipinski definition) is 3. The van der Waals surface area contributed by atoms with Crippen molar-refractivity contribution >= 4 is 22.5 Å². The SMILES string of the molecule is Clc1ccc(CN2CCC(OC3CCCCC3)CC2)c2ncccc12. The molecule has 2 heterocycles. The van der Waals surface area contributed by atoms with Gasteiger partial charge in [0, 0.05) is 36.2 Å². The zero-order valence-electron chi connectivity index (χ0n) is 14.8. The summed E-state index contributed by atoms with van der Waals surface area (Å²) in [6.45, 7) is 3.16. The van der Waals surface area contributed by atoms with E-state index in [0.717, 1.165) is 48.4 Å². The Balaban J connectivity index is 1.35. The highest BCUT2D eigenvalue weighted by Crippen LogP contribution is 2.28. The molecule has 4 rings (SSSR count). The Morgan fingerprint density at radius 1 is 1.00 bits per heavy atom. The Bertz CT molecular complexity index is 706. The highest BCUT2D eigenvalue weighted by molar-refractivity contribution is 6.35. The number of rotatable bonds is 4. The number of pyridine rings is 1. The molecule has 2 aliphatic rings. The molecule has 25 heavy (non-hydrogen) atoms. The molecule has 0 amide bonds. The first-order valence-corrected chi connectivity index (χ1v) is 10.1. The maximum Gasteiger partial charge on any atom is 0.0761 e. The molecule has 0 N–H and O–H groups in total. The summed E-state index contributed by atoms with van der Waals surface area (Å²) in [6, 6.07) is 8.13. The van der Waals surface area contributed by atoms with E-state index in [1.165, 1.54) is 37.7 Å². The van der Waals surface area contributed by atoms with Gasteiger partial charge in [-0.25, -0.2) is 0 Å². The molecular weight excluding hydrogens is 332 g/mol. The van der Waals surface area contributed by atoms with Crippen LogP contribution in [-0.2, 0) is 11.3 Å². The predicted molar refractivity (Wildman–Crippen MR) is 103 cm³/mol. The van der Waals surface area contributed by atoms with Crippen molar-refractivity contribution < 1.29 is 4.74 Å². The monoisotopic (exact) mass is 358 g/mol. The number of halogens is 1. The van der Waals surface area contributed by atoms with Gasteiger partial charge in [0.1, 0.15) is 0 Å². The Morgan fingerprint density at radius 2 is 1.76 bits per heavy atom. The molecule has 1 aromatic heterocycles. The van der Waals surface area contributed by atoms with Gasteiger partial charge >= 0.3 is 0 Å². The summed E-state index contributed by atoms with van der Waals surface area (Å²) in [4.78, 5) is 7.09. The van der Waals surface area contributed by atoms with E-state index in [1.54, 1.807) is 0 Å². The van der Waals surface area contributed by atoms with Gasteiger partial charge in [0.2, 0.25) is 0 Å². The third-order valence-corrected chi connectivity index (χ3v) is 6.00. The smallest absolute Gasteiger partial charge is 0.0761 e. The van der Waals surface area contributed by atoms with Crippen molar-refractivity contribution in [3.05, 3.63) is 41.0 Å². The van der Waals surface area contributed by atoms with Crippen molar-refractivity contribution in [2.24, 2.45) is 0 Å². The standard InChI is InChI=1S/C21H27ClN2O/c22-20-9-8-16(21-19(20)7-4-12-23-21)15-24-13-10-18(11-14-24)25-17-5-2-1-3-6-17/h4,7-9,12,17-18H,1-3,5-6,10-11,13-15H2. The summed E-state index contributed by atoms with van der Waals surface area (Å²) < 4.78 is 6.36. The average Bonchev–Trinajstić information content (AvgIpc) is 2.67. The molecular formula is C21H27ClN2O. The summed E-state index contributed by atoms with van der Waals surface area (Å²) in [5.41, 5.74) is 2.31. The number of ether oxygens (including phenoxy) is 1. The van der Waals surface area contributed by atoms with Crippen LogP contribution in [0.5, 0.6) is 0 Å². The second kappa shape index (κ2) is 8.03. The lowest BCUT2D eigenvalue weighted by Gasteiger charge is -2.35. The van der Waals surface area contributed by atoms with Gasteiger partial charge in [-0.1, -0.05) is 36.9 Å². The number of benzene rings is 1. The minimum absolute atomic E-state index is 0.458. The Kier molecular flexibility index (Phi) is 5.54. The molecule has 1 saturated carbocycles. The van der Waals surface area contributed by atoms with Gasteiger partial charge in [-0.3, -0.25) is 9.88 Å². The summed E-state index contributed by atoms with van der Waals surface area (Å²) in [6.07, 6.45) is 11.7. The summed E-state index contributed by atoms with van der Waals surface area (Å²) in [7, 11) is 0. The molecule has 1 aromatic carbocycles. The molecule has 0 radical (unpaired) electrons. The number of hydrogen-bond donors (Lipinski definition) is 0. The minimum Gasteiger partial charge on any atom is -0.375 e. The van der Waals surface area contributed by atoms with Crippen molar-refractivity contribution in [2.45, 2.75) is 63.7 Å². The summed E-state index contributed by atoms with van der Waals surface area (Å²) in [5.74, 6) is 0. The van der Waals surface area contributed by atoms with Crippen LogP contribution >= 0.6 is 11.6 Å². The Hall–Kier alpha value is -1.16. The maximum absolute atomic E-state index is 6.36. The average molecular weight is 359 g/mol. The van der Waals surface area contributed by atoms with Gasteiger partial charge in [0.05, 0.1) is 17.7 Å². The molecule has 0 unspecified atom stereocenters. The van der Waals surface area contributed by atoms with Crippen LogP contribution in [0, 0.1) is 0 Å². The maximum atomic E-state index is 6.36. The molecule has 3 nitrogen and oxygen atoms in total. The molecule has 0 atom stereocenters. The number of piperidine rings is 1. The van der Waals surface area contributed by atoms with Gasteiger partial charge in [-0.15, -0.1) is 0 Å².